The molecule has 1 fully saturated rings. The van der Waals surface area contributed by atoms with E-state index < -0.39 is 0 Å². The van der Waals surface area contributed by atoms with Gasteiger partial charge in [-0.3, -0.25) is 9.69 Å². The van der Waals surface area contributed by atoms with E-state index in [1.54, 1.807) is 36.1 Å². The summed E-state index contributed by atoms with van der Waals surface area (Å²) in [5.74, 6) is 1.14. The number of nitrogens with zero attached hydrogens (tertiary/aromatic N) is 2. The van der Waals surface area contributed by atoms with Gasteiger partial charge in [-0.2, -0.15) is 0 Å². The van der Waals surface area contributed by atoms with Crippen LogP contribution in [0.15, 0.2) is 36.6 Å². The minimum Gasteiger partial charge on any atom is -0.493 e. The van der Waals surface area contributed by atoms with E-state index >= 15 is 0 Å². The van der Waals surface area contributed by atoms with Gasteiger partial charge in [0, 0.05) is 13.6 Å². The molecule has 5 nitrogen and oxygen atoms in total. The lowest BCUT2D eigenvalue weighted by Crippen LogP contribution is -2.30. The highest BCUT2D eigenvalue weighted by molar-refractivity contribution is 7.80. The molecule has 1 amide bonds. The molecule has 0 bridgehead atoms. The van der Waals surface area contributed by atoms with E-state index in [9.17, 15) is 4.79 Å². The number of ether oxygens (including phenoxy) is 2. The van der Waals surface area contributed by atoms with Crippen molar-refractivity contribution in [1.29, 1.82) is 0 Å². The monoisotopic (exact) mass is 332 g/mol. The lowest BCUT2D eigenvalue weighted by atomic mass is 10.1. The van der Waals surface area contributed by atoms with Gasteiger partial charge in [-0.05, 0) is 42.9 Å². The molecular formula is C17H20N2O3S. The van der Waals surface area contributed by atoms with Crippen LogP contribution in [0, 0.1) is 0 Å². The quantitative estimate of drug-likeness (QED) is 0.455. The third kappa shape index (κ3) is 3.37. The molecule has 0 N–H and O–H groups in total. The van der Waals surface area contributed by atoms with Crippen LogP contribution in [0.25, 0.3) is 6.08 Å². The van der Waals surface area contributed by atoms with E-state index in [0.29, 0.717) is 35.5 Å². The van der Waals surface area contributed by atoms with Crippen LogP contribution in [0.2, 0.25) is 0 Å². The van der Waals surface area contributed by atoms with Gasteiger partial charge in [0.1, 0.15) is 12.3 Å². The van der Waals surface area contributed by atoms with Gasteiger partial charge in [-0.25, -0.2) is 0 Å². The van der Waals surface area contributed by atoms with Gasteiger partial charge in [-0.15, -0.1) is 0 Å². The van der Waals surface area contributed by atoms with Gasteiger partial charge >= 0.3 is 0 Å². The van der Waals surface area contributed by atoms with Crippen molar-refractivity contribution >= 4 is 29.3 Å². The fourth-order valence-corrected chi connectivity index (χ4v) is 2.60. The maximum atomic E-state index is 12.4. The molecule has 1 aliphatic rings. The van der Waals surface area contributed by atoms with Crippen molar-refractivity contribution in [3.63, 3.8) is 0 Å². The van der Waals surface area contributed by atoms with E-state index in [1.165, 1.54) is 0 Å². The van der Waals surface area contributed by atoms with Gasteiger partial charge < -0.3 is 14.4 Å². The zero-order chi connectivity index (χ0) is 17.0. The van der Waals surface area contributed by atoms with Crippen LogP contribution in [-0.2, 0) is 4.79 Å². The lowest BCUT2D eigenvalue weighted by Gasteiger charge is -2.13. The number of thiocarbonyl (C=S) groups is 1. The first-order chi connectivity index (χ1) is 11.0. The molecule has 23 heavy (non-hydrogen) atoms. The Morgan fingerprint density at radius 2 is 2.09 bits per heavy atom. The fourth-order valence-electron chi connectivity index (χ4n) is 2.29. The summed E-state index contributed by atoms with van der Waals surface area (Å²) in [5.41, 5.74) is 1.38. The highest BCUT2D eigenvalue weighted by Gasteiger charge is 2.34. The average molecular weight is 332 g/mol. The van der Waals surface area contributed by atoms with E-state index in [1.807, 2.05) is 25.1 Å². The van der Waals surface area contributed by atoms with Crippen LogP contribution in [0.1, 0.15) is 12.5 Å². The van der Waals surface area contributed by atoms with Crippen LogP contribution in [0.5, 0.6) is 11.5 Å². The predicted octanol–water partition coefficient (Wildman–Crippen LogP) is 2.68. The number of hydrogen-bond acceptors (Lipinski definition) is 4. The van der Waals surface area contributed by atoms with Crippen molar-refractivity contribution in [1.82, 2.24) is 9.80 Å². The maximum absolute atomic E-state index is 12.4. The first-order valence-corrected chi connectivity index (χ1v) is 7.67. The predicted molar refractivity (Wildman–Crippen MR) is 94.4 cm³/mol. The molecule has 122 valence electrons. The molecule has 0 radical (unpaired) electrons. The Morgan fingerprint density at radius 1 is 1.35 bits per heavy atom. The molecule has 6 heteroatoms. The SMILES string of the molecule is C=CCOc1ccc(C=C2C(=O)N(CC)C(=S)N2C)cc1OC. The van der Waals surface area contributed by atoms with Crippen molar-refractivity contribution in [3.8, 4) is 11.5 Å². The molecule has 0 unspecified atom stereocenters. The molecule has 1 heterocycles. The average Bonchev–Trinajstić information content (AvgIpc) is 2.76. The van der Waals surface area contributed by atoms with Crippen molar-refractivity contribution in [3.05, 3.63) is 42.1 Å². The number of methoxy groups -OCH3 is 1. The second kappa shape index (κ2) is 7.28. The number of hydrogen-bond donors (Lipinski definition) is 0. The third-order valence-electron chi connectivity index (χ3n) is 3.51. The van der Waals surface area contributed by atoms with Crippen LogP contribution in [0.3, 0.4) is 0 Å². The highest BCUT2D eigenvalue weighted by atomic mass is 32.1. The van der Waals surface area contributed by atoms with Crippen LogP contribution in [-0.4, -0.2) is 48.1 Å². The number of carbonyl (C=O) groups is 1. The summed E-state index contributed by atoms with van der Waals surface area (Å²) >= 11 is 5.29. The Labute approximate surface area is 141 Å². The first-order valence-electron chi connectivity index (χ1n) is 7.26. The minimum atomic E-state index is -0.0917. The van der Waals surface area contributed by atoms with E-state index in [0.717, 1.165) is 5.56 Å². The second-order valence-corrected chi connectivity index (χ2v) is 5.30. The largest absolute Gasteiger partial charge is 0.493 e. The number of rotatable bonds is 6. The zero-order valence-corrected chi connectivity index (χ0v) is 14.4. The summed E-state index contributed by atoms with van der Waals surface area (Å²) in [5, 5.41) is 0.515. The molecule has 0 saturated carbocycles. The van der Waals surface area contributed by atoms with E-state index in [-0.39, 0.29) is 5.91 Å². The second-order valence-electron chi connectivity index (χ2n) is 4.93. The Bertz CT molecular complexity index is 670. The van der Waals surface area contributed by atoms with Gasteiger partial charge in [0.25, 0.3) is 5.91 Å². The van der Waals surface area contributed by atoms with Crippen molar-refractivity contribution in [2.45, 2.75) is 6.92 Å². The first kappa shape index (κ1) is 17.0. The summed E-state index contributed by atoms with van der Waals surface area (Å²) in [6.07, 6.45) is 3.46. The van der Waals surface area contributed by atoms with Crippen LogP contribution < -0.4 is 9.47 Å². The fraction of sp³-hybridized carbons (Fsp3) is 0.294. The summed E-state index contributed by atoms with van der Waals surface area (Å²) in [7, 11) is 3.37. The number of likely N-dealkylation sites (N-methyl/N-ethyl adjacent to an activating group) is 2. The Hall–Kier alpha value is -2.34. The number of amides is 1. The number of benzene rings is 1. The summed E-state index contributed by atoms with van der Waals surface area (Å²) in [6, 6.07) is 5.50. The van der Waals surface area contributed by atoms with Crippen LogP contribution in [0.4, 0.5) is 0 Å². The van der Waals surface area contributed by atoms with Crippen molar-refractivity contribution in [2.75, 3.05) is 27.3 Å². The van der Waals surface area contributed by atoms with Crippen LogP contribution >= 0.6 is 12.2 Å². The Kier molecular flexibility index (Phi) is 5.39. The smallest absolute Gasteiger partial charge is 0.276 e. The molecule has 1 aromatic rings. The van der Waals surface area contributed by atoms with Gasteiger partial charge in [-0.1, -0.05) is 18.7 Å². The van der Waals surface area contributed by atoms with E-state index in [2.05, 4.69) is 6.58 Å². The molecule has 0 spiro atoms. The molecule has 0 aromatic heterocycles. The summed E-state index contributed by atoms with van der Waals surface area (Å²) in [6.45, 7) is 6.47. The molecular weight excluding hydrogens is 312 g/mol. The molecule has 1 saturated heterocycles. The standard InChI is InChI=1S/C17H20N2O3S/c1-5-9-22-14-8-7-12(11-15(14)21-4)10-13-16(20)19(6-2)17(23)18(13)3/h5,7-8,10-11H,1,6,9H2,2-4H3. The molecule has 2 rings (SSSR count). The zero-order valence-electron chi connectivity index (χ0n) is 13.5. The third-order valence-corrected chi connectivity index (χ3v) is 4.00. The molecule has 0 atom stereocenters. The molecule has 1 aliphatic heterocycles. The van der Waals surface area contributed by atoms with Gasteiger partial charge in [0.2, 0.25) is 0 Å². The molecule has 1 aromatic carbocycles. The van der Waals surface area contributed by atoms with Crippen molar-refractivity contribution < 1.29 is 14.3 Å². The number of carbonyl (C=O) groups excluding carboxylic acids is 1. The topological polar surface area (TPSA) is 42.0 Å². The summed E-state index contributed by atoms with van der Waals surface area (Å²) in [4.78, 5) is 15.7. The Morgan fingerprint density at radius 3 is 2.65 bits per heavy atom. The van der Waals surface area contributed by atoms with Crippen molar-refractivity contribution in [2.24, 2.45) is 0 Å². The summed E-state index contributed by atoms with van der Waals surface area (Å²) < 4.78 is 10.9. The highest BCUT2D eigenvalue weighted by Crippen LogP contribution is 2.30. The van der Waals surface area contributed by atoms with Gasteiger partial charge in [0.15, 0.2) is 16.6 Å². The van der Waals surface area contributed by atoms with Gasteiger partial charge in [0.05, 0.1) is 7.11 Å². The minimum absolute atomic E-state index is 0.0917. The maximum Gasteiger partial charge on any atom is 0.276 e. The Balaban J connectivity index is 2.34. The normalized spacial score (nSPS) is 16.2. The van der Waals surface area contributed by atoms with E-state index in [4.69, 9.17) is 21.7 Å². The molecule has 0 aliphatic carbocycles. The lowest BCUT2D eigenvalue weighted by molar-refractivity contribution is -0.122.